The predicted molar refractivity (Wildman–Crippen MR) is 134 cm³/mol. The number of aryl methyl sites for hydroxylation is 1. The maximum absolute atomic E-state index is 15.3. The predicted octanol–water partition coefficient (Wildman–Crippen LogP) is 9.74. The molecule has 41 heavy (non-hydrogen) atoms. The van der Waals surface area contributed by atoms with E-state index in [-0.39, 0.29) is 11.1 Å². The summed E-state index contributed by atoms with van der Waals surface area (Å²) in [5.74, 6) is -4.60. The molecular formula is C30H21F9O2. The van der Waals surface area contributed by atoms with Crippen LogP contribution in [-0.4, -0.2) is 6.36 Å². The summed E-state index contributed by atoms with van der Waals surface area (Å²) >= 11 is 0. The molecule has 0 fully saturated rings. The van der Waals surface area contributed by atoms with Crippen LogP contribution in [0.1, 0.15) is 30.0 Å². The van der Waals surface area contributed by atoms with Crippen LogP contribution in [0.25, 0.3) is 21.9 Å². The summed E-state index contributed by atoms with van der Waals surface area (Å²) in [6, 6.07) is 10.3. The lowest BCUT2D eigenvalue weighted by atomic mass is 9.96. The summed E-state index contributed by atoms with van der Waals surface area (Å²) in [4.78, 5) is 0. The highest BCUT2D eigenvalue weighted by molar-refractivity contribution is 5.89. The van der Waals surface area contributed by atoms with E-state index in [1.807, 2.05) is 19.1 Å². The Morgan fingerprint density at radius 1 is 0.780 bits per heavy atom. The fraction of sp³-hybridized carbons (Fsp3) is 0.200. The van der Waals surface area contributed by atoms with Crippen molar-refractivity contribution in [2.75, 3.05) is 0 Å². The number of hydrogen-bond donors (Lipinski definition) is 0. The number of ether oxygens (including phenoxy) is 2. The van der Waals surface area contributed by atoms with Crippen molar-refractivity contribution in [3.05, 3.63) is 113 Å². The molecule has 4 aromatic rings. The molecule has 4 aromatic carbocycles. The standard InChI is InChI=1S/C30H21F9O2/c1-2-3-4-5-17-6-11-22-18(12-17)13-26(33)27(28(22)34)19-14-24(31)23(25(32)15-19)16-40-21-9-7-20(8-10-21)29(35,36)41-30(37,38)39/h2-3,6-15H,4-5,16H2,1H3/b3-2+. The zero-order valence-electron chi connectivity index (χ0n) is 21.3. The molecule has 0 unspecified atom stereocenters. The van der Waals surface area contributed by atoms with Gasteiger partial charge in [0.2, 0.25) is 0 Å². The van der Waals surface area contributed by atoms with Crippen LogP contribution in [0.2, 0.25) is 0 Å². The monoisotopic (exact) mass is 584 g/mol. The van der Waals surface area contributed by atoms with Crippen molar-refractivity contribution >= 4 is 10.8 Å². The third-order valence-corrected chi connectivity index (χ3v) is 6.18. The lowest BCUT2D eigenvalue weighted by Crippen LogP contribution is -2.27. The second-order valence-corrected chi connectivity index (χ2v) is 9.01. The number of benzene rings is 4. The minimum atomic E-state index is -5.59. The van der Waals surface area contributed by atoms with Crippen LogP contribution in [-0.2, 0) is 23.9 Å². The van der Waals surface area contributed by atoms with Gasteiger partial charge in [0.05, 0.1) is 16.7 Å². The van der Waals surface area contributed by atoms with Crippen LogP contribution in [0.15, 0.2) is 72.8 Å². The molecule has 0 bridgehead atoms. The summed E-state index contributed by atoms with van der Waals surface area (Å²) in [6.45, 7) is 1.12. The van der Waals surface area contributed by atoms with Crippen molar-refractivity contribution in [1.82, 2.24) is 0 Å². The van der Waals surface area contributed by atoms with E-state index in [0.717, 1.165) is 42.3 Å². The number of halogens is 9. The first-order chi connectivity index (χ1) is 19.3. The van der Waals surface area contributed by atoms with E-state index in [1.54, 1.807) is 12.1 Å². The van der Waals surface area contributed by atoms with Crippen molar-refractivity contribution in [3.63, 3.8) is 0 Å². The molecule has 0 aliphatic carbocycles. The second kappa shape index (κ2) is 11.9. The van der Waals surface area contributed by atoms with Crippen LogP contribution in [0.5, 0.6) is 5.75 Å². The SMILES string of the molecule is C/C=C/CCc1ccc2c(F)c(-c3cc(F)c(COc4ccc(C(F)(F)OC(F)(F)F)cc4)c(F)c3)c(F)cc2c1. The summed E-state index contributed by atoms with van der Waals surface area (Å²) in [5, 5.41) is 0.362. The summed E-state index contributed by atoms with van der Waals surface area (Å²) in [7, 11) is 0. The van der Waals surface area contributed by atoms with Gasteiger partial charge in [-0.05, 0) is 78.7 Å². The van der Waals surface area contributed by atoms with E-state index in [1.165, 1.54) is 6.07 Å². The Hall–Kier alpha value is -3.99. The largest absolute Gasteiger partial charge is 0.527 e. The number of rotatable bonds is 9. The Morgan fingerprint density at radius 2 is 1.44 bits per heavy atom. The fourth-order valence-electron chi connectivity index (χ4n) is 4.21. The first kappa shape index (κ1) is 30.0. The Balaban J connectivity index is 1.54. The molecule has 216 valence electrons. The molecule has 11 heteroatoms. The van der Waals surface area contributed by atoms with E-state index in [2.05, 4.69) is 4.74 Å². The normalized spacial score (nSPS) is 12.4. The van der Waals surface area contributed by atoms with Crippen LogP contribution in [0, 0.1) is 23.3 Å². The Labute approximate surface area is 228 Å². The molecule has 0 saturated heterocycles. The van der Waals surface area contributed by atoms with Gasteiger partial charge in [0.1, 0.15) is 35.6 Å². The van der Waals surface area contributed by atoms with Gasteiger partial charge in [-0.2, -0.15) is 8.78 Å². The highest BCUT2D eigenvalue weighted by Gasteiger charge is 2.46. The third-order valence-electron chi connectivity index (χ3n) is 6.18. The van der Waals surface area contributed by atoms with Gasteiger partial charge in [-0.25, -0.2) is 22.3 Å². The summed E-state index contributed by atoms with van der Waals surface area (Å²) in [5.41, 5.74) is -1.91. The molecule has 4 rings (SSSR count). The molecular weight excluding hydrogens is 563 g/mol. The third kappa shape index (κ3) is 7.02. The molecule has 0 aliphatic rings. The number of fused-ring (bicyclic) bond motifs is 1. The molecule has 0 N–H and O–H groups in total. The number of hydrogen-bond acceptors (Lipinski definition) is 2. The maximum atomic E-state index is 15.3. The van der Waals surface area contributed by atoms with Gasteiger partial charge in [-0.3, -0.25) is 0 Å². The lowest BCUT2D eigenvalue weighted by molar-refractivity contribution is -0.431. The summed E-state index contributed by atoms with van der Waals surface area (Å²) < 4.78 is 132. The van der Waals surface area contributed by atoms with Crippen molar-refractivity contribution in [2.45, 2.75) is 38.8 Å². The van der Waals surface area contributed by atoms with Gasteiger partial charge in [0.15, 0.2) is 0 Å². The maximum Gasteiger partial charge on any atom is 0.527 e. The van der Waals surface area contributed by atoms with Crippen LogP contribution >= 0.6 is 0 Å². The second-order valence-electron chi connectivity index (χ2n) is 9.01. The molecule has 2 nitrogen and oxygen atoms in total. The molecule has 0 aliphatic heterocycles. The first-order valence-corrected chi connectivity index (χ1v) is 12.2. The number of alkyl halides is 5. The molecule has 0 atom stereocenters. The van der Waals surface area contributed by atoms with E-state index < -0.39 is 64.6 Å². The highest BCUT2D eigenvalue weighted by atomic mass is 19.4. The van der Waals surface area contributed by atoms with Gasteiger partial charge in [-0.15, -0.1) is 13.2 Å². The molecule has 0 amide bonds. The van der Waals surface area contributed by atoms with Gasteiger partial charge in [-0.1, -0.05) is 30.4 Å². The smallest absolute Gasteiger partial charge is 0.489 e. The van der Waals surface area contributed by atoms with E-state index in [4.69, 9.17) is 4.74 Å². The minimum absolute atomic E-state index is 0.0686. The molecule has 0 heterocycles. The molecule has 0 saturated carbocycles. The number of allylic oxidation sites excluding steroid dienone is 2. The molecule has 0 spiro atoms. The molecule has 0 aromatic heterocycles. The van der Waals surface area contributed by atoms with E-state index in [0.29, 0.717) is 23.9 Å². The van der Waals surface area contributed by atoms with Crippen LogP contribution in [0.4, 0.5) is 39.5 Å². The zero-order chi connectivity index (χ0) is 29.9. The Morgan fingerprint density at radius 3 is 2.05 bits per heavy atom. The quantitative estimate of drug-likeness (QED) is 0.144. The average Bonchev–Trinajstić information content (AvgIpc) is 2.87. The van der Waals surface area contributed by atoms with Crippen molar-refractivity contribution in [3.8, 4) is 16.9 Å². The average molecular weight is 584 g/mol. The van der Waals surface area contributed by atoms with E-state index in [9.17, 15) is 35.1 Å². The molecule has 0 radical (unpaired) electrons. The van der Waals surface area contributed by atoms with Crippen molar-refractivity contribution in [2.24, 2.45) is 0 Å². The van der Waals surface area contributed by atoms with Gasteiger partial charge >= 0.3 is 12.5 Å². The highest BCUT2D eigenvalue weighted by Crippen LogP contribution is 2.37. The topological polar surface area (TPSA) is 18.5 Å². The zero-order valence-corrected chi connectivity index (χ0v) is 21.3. The van der Waals surface area contributed by atoms with Gasteiger partial charge in [0, 0.05) is 5.39 Å². The Bertz CT molecular complexity index is 1550. The van der Waals surface area contributed by atoms with E-state index >= 15 is 4.39 Å². The van der Waals surface area contributed by atoms with Crippen molar-refractivity contribution < 1.29 is 49.0 Å². The summed E-state index contributed by atoms with van der Waals surface area (Å²) in [6.07, 6.45) is -5.00. The van der Waals surface area contributed by atoms with Crippen LogP contribution in [0.3, 0.4) is 0 Å². The first-order valence-electron chi connectivity index (χ1n) is 12.2. The van der Waals surface area contributed by atoms with Gasteiger partial charge in [0.25, 0.3) is 0 Å². The lowest BCUT2D eigenvalue weighted by Gasteiger charge is -2.18. The minimum Gasteiger partial charge on any atom is -0.489 e. The fourth-order valence-corrected chi connectivity index (χ4v) is 4.21. The Kier molecular flexibility index (Phi) is 8.67. The van der Waals surface area contributed by atoms with Gasteiger partial charge < -0.3 is 4.74 Å². The van der Waals surface area contributed by atoms with Crippen molar-refractivity contribution in [1.29, 1.82) is 0 Å². The van der Waals surface area contributed by atoms with Crippen LogP contribution < -0.4 is 4.74 Å².